The molecule has 0 spiro atoms. The normalized spacial score (nSPS) is 17.9. The van der Waals surface area contributed by atoms with E-state index in [1.165, 1.54) is 4.90 Å². The van der Waals surface area contributed by atoms with Gasteiger partial charge in [0.2, 0.25) is 0 Å². The second-order valence-corrected chi connectivity index (χ2v) is 7.21. The number of nitrogens with zero attached hydrogens (tertiary/aromatic N) is 3. The van der Waals surface area contributed by atoms with Gasteiger partial charge in [0.1, 0.15) is 11.6 Å². The van der Waals surface area contributed by atoms with Crippen molar-refractivity contribution in [3.05, 3.63) is 95.7 Å². The molecule has 1 N–H and O–H groups in total. The number of pyridine rings is 1. The number of aliphatic hydroxyl groups excluding tert-OH is 1. The highest BCUT2D eigenvalue weighted by Crippen LogP contribution is 2.41. The van der Waals surface area contributed by atoms with Gasteiger partial charge in [-0.25, -0.2) is 4.98 Å². The number of carbonyl (C=O) groups excluding carboxylic acids is 2. The summed E-state index contributed by atoms with van der Waals surface area (Å²) >= 11 is 0. The largest absolute Gasteiger partial charge is 0.507 e. The summed E-state index contributed by atoms with van der Waals surface area (Å²) in [6.07, 6.45) is 1.57. The van der Waals surface area contributed by atoms with Crippen molar-refractivity contribution in [2.75, 3.05) is 23.9 Å². The van der Waals surface area contributed by atoms with Gasteiger partial charge in [0, 0.05) is 31.5 Å². The van der Waals surface area contributed by atoms with Crippen LogP contribution in [0.15, 0.2) is 84.6 Å². The molecule has 1 amide bonds. The Morgan fingerprint density at radius 2 is 1.60 bits per heavy atom. The number of Topliss-reactive ketones (excluding diaryl/α,β-unsaturated/α-hetero) is 1. The Kier molecular flexibility index (Phi) is 5.06. The van der Waals surface area contributed by atoms with Crippen LogP contribution in [-0.4, -0.2) is 35.9 Å². The van der Waals surface area contributed by atoms with Crippen LogP contribution in [0.3, 0.4) is 0 Å². The third kappa shape index (κ3) is 3.33. The Morgan fingerprint density at radius 3 is 2.20 bits per heavy atom. The Bertz CT molecular complexity index is 1110. The fourth-order valence-corrected chi connectivity index (χ4v) is 3.59. The molecule has 30 heavy (non-hydrogen) atoms. The fraction of sp³-hybridized carbons (Fsp3) is 0.125. The second-order valence-electron chi connectivity index (χ2n) is 7.21. The molecule has 6 heteroatoms. The van der Waals surface area contributed by atoms with E-state index in [0.717, 1.165) is 5.69 Å². The van der Waals surface area contributed by atoms with Crippen molar-refractivity contribution in [1.82, 2.24) is 4.98 Å². The highest BCUT2D eigenvalue weighted by molar-refractivity contribution is 6.51. The number of aromatic nitrogens is 1. The fourth-order valence-electron chi connectivity index (χ4n) is 3.59. The number of ketones is 1. The van der Waals surface area contributed by atoms with Crippen LogP contribution in [0, 0.1) is 0 Å². The van der Waals surface area contributed by atoms with Crippen LogP contribution in [0.25, 0.3) is 5.76 Å². The summed E-state index contributed by atoms with van der Waals surface area (Å²) in [6, 6.07) is 20.7. The minimum absolute atomic E-state index is 0.0504. The zero-order chi connectivity index (χ0) is 21.3. The molecular formula is C24H21N3O3. The van der Waals surface area contributed by atoms with Crippen LogP contribution < -0.4 is 9.80 Å². The molecule has 6 nitrogen and oxygen atoms in total. The first kappa shape index (κ1) is 19.4. The van der Waals surface area contributed by atoms with Gasteiger partial charge in [-0.3, -0.25) is 14.5 Å². The van der Waals surface area contributed by atoms with Crippen molar-refractivity contribution in [1.29, 1.82) is 0 Å². The maximum absolute atomic E-state index is 13.0. The average molecular weight is 399 g/mol. The Morgan fingerprint density at radius 1 is 0.933 bits per heavy atom. The lowest BCUT2D eigenvalue weighted by Gasteiger charge is -2.25. The molecule has 2 heterocycles. The molecule has 4 rings (SSSR count). The Labute approximate surface area is 174 Å². The van der Waals surface area contributed by atoms with Gasteiger partial charge in [0.25, 0.3) is 5.78 Å². The summed E-state index contributed by atoms with van der Waals surface area (Å²) in [5, 5.41) is 11.0. The van der Waals surface area contributed by atoms with Gasteiger partial charge in [-0.05, 0) is 29.8 Å². The van der Waals surface area contributed by atoms with Gasteiger partial charge in [0.05, 0.1) is 11.6 Å². The van der Waals surface area contributed by atoms with Crippen LogP contribution in [0.4, 0.5) is 11.5 Å². The van der Waals surface area contributed by atoms with Gasteiger partial charge < -0.3 is 10.0 Å². The van der Waals surface area contributed by atoms with Gasteiger partial charge in [-0.2, -0.15) is 0 Å². The predicted molar refractivity (Wildman–Crippen MR) is 116 cm³/mol. The Hall–Kier alpha value is -3.93. The van der Waals surface area contributed by atoms with Gasteiger partial charge in [-0.15, -0.1) is 0 Å². The molecule has 2 aromatic carbocycles. The third-order valence-electron chi connectivity index (χ3n) is 5.11. The van der Waals surface area contributed by atoms with Crippen LogP contribution in [0.1, 0.15) is 17.2 Å². The molecule has 0 aliphatic carbocycles. The number of anilines is 2. The highest BCUT2D eigenvalue weighted by atomic mass is 16.3. The zero-order valence-electron chi connectivity index (χ0n) is 16.7. The quantitative estimate of drug-likeness (QED) is 0.411. The molecule has 0 bridgehead atoms. The smallest absolute Gasteiger partial charge is 0.301 e. The summed E-state index contributed by atoms with van der Waals surface area (Å²) in [4.78, 5) is 33.6. The number of hydrogen-bond donors (Lipinski definition) is 1. The molecular weight excluding hydrogens is 378 g/mol. The van der Waals surface area contributed by atoms with E-state index in [2.05, 4.69) is 4.98 Å². The number of aliphatic hydroxyl groups is 1. The zero-order valence-corrected chi connectivity index (χ0v) is 16.7. The van der Waals surface area contributed by atoms with E-state index < -0.39 is 17.7 Å². The van der Waals surface area contributed by atoms with E-state index in [4.69, 9.17) is 0 Å². The van der Waals surface area contributed by atoms with Crippen molar-refractivity contribution in [3.8, 4) is 0 Å². The minimum atomic E-state index is -0.781. The summed E-state index contributed by atoms with van der Waals surface area (Å²) < 4.78 is 0. The van der Waals surface area contributed by atoms with Crippen molar-refractivity contribution in [2.45, 2.75) is 6.04 Å². The number of carbonyl (C=O) groups is 2. The number of benzene rings is 2. The second kappa shape index (κ2) is 7.83. The average Bonchev–Trinajstić information content (AvgIpc) is 3.05. The van der Waals surface area contributed by atoms with Crippen LogP contribution in [-0.2, 0) is 9.59 Å². The molecule has 1 aromatic heterocycles. The summed E-state index contributed by atoms with van der Waals surface area (Å²) in [5.74, 6) is -1.29. The molecule has 150 valence electrons. The highest BCUT2D eigenvalue weighted by Gasteiger charge is 2.47. The van der Waals surface area contributed by atoms with Crippen LogP contribution in [0.5, 0.6) is 0 Å². The molecule has 1 atom stereocenters. The lowest BCUT2D eigenvalue weighted by Crippen LogP contribution is -2.30. The number of hydrogen-bond acceptors (Lipinski definition) is 5. The molecule has 1 unspecified atom stereocenters. The van der Waals surface area contributed by atoms with Crippen molar-refractivity contribution in [2.24, 2.45) is 0 Å². The topological polar surface area (TPSA) is 73.7 Å². The van der Waals surface area contributed by atoms with E-state index >= 15 is 0 Å². The third-order valence-corrected chi connectivity index (χ3v) is 5.11. The minimum Gasteiger partial charge on any atom is -0.507 e. The van der Waals surface area contributed by atoms with Crippen LogP contribution >= 0.6 is 0 Å². The van der Waals surface area contributed by atoms with Crippen molar-refractivity contribution >= 4 is 29.0 Å². The standard InChI is InChI=1S/C24H21N3O3/c1-26(2)18-13-11-16(12-14-18)21-20(22(28)17-8-4-3-5-9-17)23(29)24(30)27(21)19-10-6-7-15-25-19/h3-15,21,28H,1-2H3/b22-20+. The van der Waals surface area contributed by atoms with E-state index in [1.807, 2.05) is 49.3 Å². The van der Waals surface area contributed by atoms with E-state index in [-0.39, 0.29) is 11.3 Å². The molecule has 1 aliphatic heterocycles. The van der Waals surface area contributed by atoms with Crippen LogP contribution in [0.2, 0.25) is 0 Å². The predicted octanol–water partition coefficient (Wildman–Crippen LogP) is 3.77. The number of rotatable bonds is 4. The first-order chi connectivity index (χ1) is 14.5. The molecule has 0 saturated carbocycles. The molecule has 3 aromatic rings. The van der Waals surface area contributed by atoms with Crippen molar-refractivity contribution in [3.63, 3.8) is 0 Å². The molecule has 1 saturated heterocycles. The number of amides is 1. The first-order valence-corrected chi connectivity index (χ1v) is 9.54. The Balaban J connectivity index is 1.92. The molecule has 0 radical (unpaired) electrons. The lowest BCUT2D eigenvalue weighted by atomic mass is 9.95. The summed E-state index contributed by atoms with van der Waals surface area (Å²) in [5.41, 5.74) is 2.22. The van der Waals surface area contributed by atoms with Gasteiger partial charge in [-0.1, -0.05) is 48.5 Å². The maximum Gasteiger partial charge on any atom is 0.301 e. The van der Waals surface area contributed by atoms with E-state index in [1.54, 1.807) is 48.7 Å². The van der Waals surface area contributed by atoms with E-state index in [0.29, 0.717) is 16.9 Å². The first-order valence-electron chi connectivity index (χ1n) is 9.54. The maximum atomic E-state index is 13.0. The van der Waals surface area contributed by atoms with Gasteiger partial charge in [0.15, 0.2) is 0 Å². The van der Waals surface area contributed by atoms with E-state index in [9.17, 15) is 14.7 Å². The SMILES string of the molecule is CN(C)c1ccc(C2/C(=C(\O)c3ccccc3)C(=O)C(=O)N2c2ccccn2)cc1. The van der Waals surface area contributed by atoms with Crippen molar-refractivity contribution < 1.29 is 14.7 Å². The monoisotopic (exact) mass is 399 g/mol. The molecule has 1 aliphatic rings. The lowest BCUT2D eigenvalue weighted by molar-refractivity contribution is -0.132. The summed E-state index contributed by atoms with van der Waals surface area (Å²) in [7, 11) is 3.87. The molecule has 1 fully saturated rings. The van der Waals surface area contributed by atoms with Gasteiger partial charge >= 0.3 is 5.91 Å². The summed E-state index contributed by atoms with van der Waals surface area (Å²) in [6.45, 7) is 0.